The van der Waals surface area contributed by atoms with Crippen LogP contribution in [0.1, 0.15) is 39.0 Å². The van der Waals surface area contributed by atoms with E-state index in [0.717, 1.165) is 44.0 Å². The van der Waals surface area contributed by atoms with E-state index in [4.69, 9.17) is 0 Å². The summed E-state index contributed by atoms with van der Waals surface area (Å²) in [6.45, 7) is 6.66. The Morgan fingerprint density at radius 3 is 2.37 bits per heavy atom. The van der Waals surface area contributed by atoms with Gasteiger partial charge in [0.1, 0.15) is 0 Å². The van der Waals surface area contributed by atoms with Crippen molar-refractivity contribution >= 4 is 29.9 Å². The Kier molecular flexibility index (Phi) is 8.06. The third kappa shape index (κ3) is 6.79. The number of halogens is 1. The Balaban J connectivity index is 0.00000180. The first-order valence-electron chi connectivity index (χ1n) is 7.52. The SMILES string of the molecule is CCCNC(=NC)NCCN(CC1CC1)C1CC1.I. The van der Waals surface area contributed by atoms with Gasteiger partial charge in [-0.1, -0.05) is 6.92 Å². The summed E-state index contributed by atoms with van der Waals surface area (Å²) >= 11 is 0. The maximum absolute atomic E-state index is 4.23. The van der Waals surface area contributed by atoms with E-state index in [9.17, 15) is 0 Å². The summed E-state index contributed by atoms with van der Waals surface area (Å²) in [5.74, 6) is 1.95. The van der Waals surface area contributed by atoms with Crippen molar-refractivity contribution in [1.29, 1.82) is 0 Å². The molecule has 19 heavy (non-hydrogen) atoms. The molecule has 2 aliphatic carbocycles. The molecule has 2 saturated carbocycles. The molecule has 2 fully saturated rings. The van der Waals surface area contributed by atoms with Gasteiger partial charge in [-0.05, 0) is 38.0 Å². The van der Waals surface area contributed by atoms with Crippen molar-refractivity contribution < 1.29 is 0 Å². The molecule has 0 aromatic heterocycles. The molecule has 2 N–H and O–H groups in total. The monoisotopic (exact) mass is 380 g/mol. The van der Waals surface area contributed by atoms with Gasteiger partial charge in [0.05, 0.1) is 0 Å². The van der Waals surface area contributed by atoms with E-state index in [1.807, 2.05) is 7.05 Å². The lowest BCUT2D eigenvalue weighted by Crippen LogP contribution is -2.42. The second-order valence-corrected chi connectivity index (χ2v) is 5.60. The summed E-state index contributed by atoms with van der Waals surface area (Å²) in [4.78, 5) is 6.91. The molecule has 2 rings (SSSR count). The minimum absolute atomic E-state index is 0. The fraction of sp³-hybridized carbons (Fsp3) is 0.929. The van der Waals surface area contributed by atoms with Crippen LogP contribution in [-0.4, -0.2) is 50.1 Å². The fourth-order valence-corrected chi connectivity index (χ4v) is 2.28. The van der Waals surface area contributed by atoms with Crippen LogP contribution >= 0.6 is 24.0 Å². The number of guanidine groups is 1. The molecule has 2 aliphatic rings. The Bertz CT molecular complexity index is 275. The molecule has 0 saturated heterocycles. The van der Waals surface area contributed by atoms with Crippen LogP contribution in [0.4, 0.5) is 0 Å². The van der Waals surface area contributed by atoms with Crippen LogP contribution in [0.25, 0.3) is 0 Å². The van der Waals surface area contributed by atoms with E-state index >= 15 is 0 Å². The van der Waals surface area contributed by atoms with Gasteiger partial charge in [0.2, 0.25) is 0 Å². The summed E-state index contributed by atoms with van der Waals surface area (Å²) in [7, 11) is 1.84. The molecule has 4 nitrogen and oxygen atoms in total. The van der Waals surface area contributed by atoms with Gasteiger partial charge in [0, 0.05) is 39.3 Å². The summed E-state index contributed by atoms with van der Waals surface area (Å²) in [6, 6.07) is 0.887. The number of rotatable bonds is 8. The van der Waals surface area contributed by atoms with Gasteiger partial charge in [0.25, 0.3) is 0 Å². The van der Waals surface area contributed by atoms with Crippen molar-refractivity contribution in [3.8, 4) is 0 Å². The molecular weight excluding hydrogens is 351 g/mol. The Morgan fingerprint density at radius 2 is 1.84 bits per heavy atom. The zero-order valence-corrected chi connectivity index (χ0v) is 14.7. The zero-order valence-electron chi connectivity index (χ0n) is 12.3. The topological polar surface area (TPSA) is 39.7 Å². The highest BCUT2D eigenvalue weighted by Crippen LogP contribution is 2.34. The molecule has 0 aromatic rings. The predicted octanol–water partition coefficient (Wildman–Crippen LogP) is 2.05. The minimum Gasteiger partial charge on any atom is -0.356 e. The molecule has 0 amide bonds. The second-order valence-electron chi connectivity index (χ2n) is 5.60. The molecule has 0 aliphatic heterocycles. The highest BCUT2D eigenvalue weighted by atomic mass is 127. The van der Waals surface area contributed by atoms with Gasteiger partial charge in [-0.15, -0.1) is 24.0 Å². The van der Waals surface area contributed by atoms with Crippen LogP contribution in [-0.2, 0) is 0 Å². The average Bonchev–Trinajstić information content (AvgIpc) is 3.25. The van der Waals surface area contributed by atoms with Crippen molar-refractivity contribution in [2.75, 3.05) is 33.2 Å². The van der Waals surface area contributed by atoms with Crippen LogP contribution in [0.15, 0.2) is 4.99 Å². The standard InChI is InChI=1S/C14H28N4.HI/c1-3-8-16-14(15-2)17-9-10-18(13-6-7-13)11-12-4-5-12;/h12-13H,3-11H2,1-2H3,(H2,15,16,17);1H. The fourth-order valence-electron chi connectivity index (χ4n) is 2.28. The van der Waals surface area contributed by atoms with E-state index in [1.54, 1.807) is 0 Å². The van der Waals surface area contributed by atoms with E-state index in [0.29, 0.717) is 0 Å². The molecule has 0 atom stereocenters. The predicted molar refractivity (Wildman–Crippen MR) is 92.4 cm³/mol. The highest BCUT2D eigenvalue weighted by molar-refractivity contribution is 14.0. The number of nitrogens with one attached hydrogen (secondary N) is 2. The lowest BCUT2D eigenvalue weighted by molar-refractivity contribution is 0.256. The van der Waals surface area contributed by atoms with Crippen LogP contribution in [0.5, 0.6) is 0 Å². The van der Waals surface area contributed by atoms with Crippen LogP contribution in [0.3, 0.4) is 0 Å². The molecule has 0 unspecified atom stereocenters. The van der Waals surface area contributed by atoms with E-state index in [1.165, 1.54) is 32.2 Å². The summed E-state index contributed by atoms with van der Waals surface area (Å²) in [5, 5.41) is 6.72. The zero-order chi connectivity index (χ0) is 12.8. The Hall–Kier alpha value is -0.0400. The minimum atomic E-state index is 0. The quantitative estimate of drug-likeness (QED) is 0.385. The van der Waals surface area contributed by atoms with E-state index < -0.39 is 0 Å². The van der Waals surface area contributed by atoms with E-state index in [2.05, 4.69) is 27.4 Å². The maximum Gasteiger partial charge on any atom is 0.191 e. The van der Waals surface area contributed by atoms with Crippen molar-refractivity contribution in [1.82, 2.24) is 15.5 Å². The normalized spacial score (nSPS) is 19.2. The van der Waals surface area contributed by atoms with Gasteiger partial charge < -0.3 is 10.6 Å². The van der Waals surface area contributed by atoms with Crippen LogP contribution in [0, 0.1) is 5.92 Å². The summed E-state index contributed by atoms with van der Waals surface area (Å²) in [5.41, 5.74) is 0. The smallest absolute Gasteiger partial charge is 0.191 e. The molecule has 0 aromatic carbocycles. The molecule has 0 spiro atoms. The van der Waals surface area contributed by atoms with Gasteiger partial charge in [0.15, 0.2) is 5.96 Å². The first-order valence-corrected chi connectivity index (χ1v) is 7.52. The molecule has 0 bridgehead atoms. The summed E-state index contributed by atoms with van der Waals surface area (Å²) < 4.78 is 0. The van der Waals surface area contributed by atoms with Crippen LogP contribution in [0.2, 0.25) is 0 Å². The average molecular weight is 380 g/mol. The lowest BCUT2D eigenvalue weighted by Gasteiger charge is -2.22. The number of aliphatic imine (C=N–C) groups is 1. The third-order valence-electron chi connectivity index (χ3n) is 3.71. The van der Waals surface area contributed by atoms with Gasteiger partial charge >= 0.3 is 0 Å². The van der Waals surface area contributed by atoms with Crippen molar-refractivity contribution in [3.05, 3.63) is 0 Å². The van der Waals surface area contributed by atoms with Crippen molar-refractivity contribution in [3.63, 3.8) is 0 Å². The Labute approximate surface area is 134 Å². The maximum atomic E-state index is 4.23. The number of nitrogens with zero attached hydrogens (tertiary/aromatic N) is 2. The summed E-state index contributed by atoms with van der Waals surface area (Å²) in [6.07, 6.45) is 6.87. The largest absolute Gasteiger partial charge is 0.356 e. The Morgan fingerprint density at radius 1 is 1.16 bits per heavy atom. The molecule has 0 heterocycles. The van der Waals surface area contributed by atoms with Crippen molar-refractivity contribution in [2.45, 2.75) is 45.1 Å². The van der Waals surface area contributed by atoms with Crippen molar-refractivity contribution in [2.24, 2.45) is 10.9 Å². The molecule has 112 valence electrons. The second kappa shape index (κ2) is 9.00. The number of hydrogen-bond donors (Lipinski definition) is 2. The molecular formula is C14H29IN4. The lowest BCUT2D eigenvalue weighted by atomic mass is 10.3. The van der Waals surface area contributed by atoms with Crippen LogP contribution < -0.4 is 10.6 Å². The number of hydrogen-bond acceptors (Lipinski definition) is 2. The van der Waals surface area contributed by atoms with Gasteiger partial charge in [-0.3, -0.25) is 9.89 Å². The highest BCUT2D eigenvalue weighted by Gasteiger charge is 2.33. The first-order chi connectivity index (χ1) is 8.83. The van der Waals surface area contributed by atoms with E-state index in [-0.39, 0.29) is 24.0 Å². The molecule has 5 heteroatoms. The van der Waals surface area contributed by atoms with Gasteiger partial charge in [-0.25, -0.2) is 0 Å². The first kappa shape index (κ1) is 17.0. The molecule has 0 radical (unpaired) electrons. The van der Waals surface area contributed by atoms with Gasteiger partial charge in [-0.2, -0.15) is 0 Å². The third-order valence-corrected chi connectivity index (χ3v) is 3.71.